The monoisotopic (exact) mass is 343 g/mol. The summed E-state index contributed by atoms with van der Waals surface area (Å²) in [6.45, 7) is 5.36. The van der Waals surface area contributed by atoms with Gasteiger partial charge in [0.25, 0.3) is 5.91 Å². The molecule has 2 heterocycles. The van der Waals surface area contributed by atoms with Crippen molar-refractivity contribution in [1.29, 1.82) is 0 Å². The van der Waals surface area contributed by atoms with Gasteiger partial charge in [0.15, 0.2) is 0 Å². The fourth-order valence-corrected chi connectivity index (χ4v) is 4.48. The van der Waals surface area contributed by atoms with Gasteiger partial charge in [-0.05, 0) is 44.9 Å². The van der Waals surface area contributed by atoms with Gasteiger partial charge in [0.2, 0.25) is 0 Å². The van der Waals surface area contributed by atoms with Gasteiger partial charge in [0.05, 0.1) is 28.8 Å². The van der Waals surface area contributed by atoms with Gasteiger partial charge in [-0.3, -0.25) is 9.36 Å². The van der Waals surface area contributed by atoms with Crippen LogP contribution < -0.4 is 5.69 Å². The number of carbonyl (C=O) groups is 1. The zero-order valence-corrected chi connectivity index (χ0v) is 15.1. The van der Waals surface area contributed by atoms with E-state index in [0.717, 1.165) is 36.7 Å². The zero-order valence-electron chi connectivity index (χ0n) is 15.1. The molecular formula is C19H25N3O3. The molecular weight excluding hydrogens is 318 g/mol. The summed E-state index contributed by atoms with van der Waals surface area (Å²) in [6.07, 6.45) is 4.36. The number of aromatic amines is 1. The molecule has 134 valence electrons. The molecule has 1 amide bonds. The molecule has 4 rings (SSSR count). The first-order chi connectivity index (χ1) is 11.8. The summed E-state index contributed by atoms with van der Waals surface area (Å²) in [5.74, 6) is 0.0122. The van der Waals surface area contributed by atoms with Crippen LogP contribution >= 0.6 is 0 Å². The molecule has 6 nitrogen and oxygen atoms in total. The number of amides is 1. The third-order valence-corrected chi connectivity index (χ3v) is 5.50. The minimum Gasteiger partial charge on any atom is -0.365 e. The maximum atomic E-state index is 13.2. The summed E-state index contributed by atoms with van der Waals surface area (Å²) in [4.78, 5) is 29.7. The second kappa shape index (κ2) is 5.46. The summed E-state index contributed by atoms with van der Waals surface area (Å²) < 4.78 is 7.92. The van der Waals surface area contributed by atoms with Crippen molar-refractivity contribution in [3.63, 3.8) is 0 Å². The maximum Gasteiger partial charge on any atom is 0.326 e. The minimum absolute atomic E-state index is 0.0122. The van der Waals surface area contributed by atoms with Gasteiger partial charge < -0.3 is 14.6 Å². The Hall–Kier alpha value is -2.08. The number of H-pyrrole nitrogens is 1. The fraction of sp³-hybridized carbons (Fsp3) is 0.579. The Kier molecular flexibility index (Phi) is 3.58. The van der Waals surface area contributed by atoms with Gasteiger partial charge in [-0.25, -0.2) is 4.79 Å². The number of hydrogen-bond acceptors (Lipinski definition) is 3. The number of imidazole rings is 1. The molecule has 0 atom stereocenters. The molecule has 2 aromatic rings. The highest BCUT2D eigenvalue weighted by Gasteiger charge is 2.47. The van der Waals surface area contributed by atoms with E-state index >= 15 is 0 Å². The molecule has 6 heteroatoms. The highest BCUT2D eigenvalue weighted by atomic mass is 16.5. The summed E-state index contributed by atoms with van der Waals surface area (Å²) in [7, 11) is 1.71. The Morgan fingerprint density at radius 2 is 1.92 bits per heavy atom. The Balaban J connectivity index is 1.67. The van der Waals surface area contributed by atoms with Crippen molar-refractivity contribution in [2.75, 3.05) is 13.1 Å². The second-order valence-corrected chi connectivity index (χ2v) is 8.13. The quantitative estimate of drug-likeness (QED) is 0.865. The van der Waals surface area contributed by atoms with E-state index < -0.39 is 0 Å². The molecule has 2 aliphatic rings. The second-order valence-electron chi connectivity index (χ2n) is 8.13. The predicted molar refractivity (Wildman–Crippen MR) is 95.8 cm³/mol. The van der Waals surface area contributed by atoms with Gasteiger partial charge >= 0.3 is 5.69 Å². The lowest BCUT2D eigenvalue weighted by molar-refractivity contribution is -0.184. The number of fused-ring (bicyclic) bond motifs is 1. The number of nitrogens with zero attached hydrogens (tertiary/aromatic N) is 2. The van der Waals surface area contributed by atoms with Crippen LogP contribution in [0.15, 0.2) is 23.0 Å². The van der Waals surface area contributed by atoms with E-state index in [1.807, 2.05) is 4.90 Å². The number of morpholine rings is 1. The van der Waals surface area contributed by atoms with Crippen molar-refractivity contribution in [3.05, 3.63) is 34.2 Å². The third-order valence-electron chi connectivity index (χ3n) is 5.50. The first-order valence-electron chi connectivity index (χ1n) is 8.97. The van der Waals surface area contributed by atoms with Crippen LogP contribution in [0.5, 0.6) is 0 Å². The van der Waals surface area contributed by atoms with Crippen molar-refractivity contribution in [2.24, 2.45) is 7.05 Å². The molecule has 1 saturated carbocycles. The normalized spacial score (nSPS) is 22.0. The Morgan fingerprint density at radius 3 is 2.64 bits per heavy atom. The fourth-order valence-electron chi connectivity index (χ4n) is 4.48. The SMILES string of the molecule is Cn1c(=O)[nH]c2ccc(C(=O)N3CC(C)(C)OC4(CCCC4)C3)cc21. The number of hydrogen-bond donors (Lipinski definition) is 1. The molecule has 1 aromatic carbocycles. The van der Waals surface area contributed by atoms with Crippen molar-refractivity contribution in [2.45, 2.75) is 50.7 Å². The number of carbonyl (C=O) groups excluding carboxylic acids is 1. The Bertz CT molecular complexity index is 887. The van der Waals surface area contributed by atoms with Crippen LogP contribution in [0.4, 0.5) is 0 Å². The Labute approximate surface area is 146 Å². The van der Waals surface area contributed by atoms with Crippen LogP contribution in [0.25, 0.3) is 11.0 Å². The number of nitrogens with one attached hydrogen (secondary N) is 1. The van der Waals surface area contributed by atoms with Gasteiger partial charge in [-0.1, -0.05) is 12.8 Å². The van der Waals surface area contributed by atoms with Crippen molar-refractivity contribution < 1.29 is 9.53 Å². The van der Waals surface area contributed by atoms with Crippen LogP contribution in [0.2, 0.25) is 0 Å². The molecule has 2 fully saturated rings. The smallest absolute Gasteiger partial charge is 0.326 e. The highest BCUT2D eigenvalue weighted by molar-refractivity contribution is 5.97. The minimum atomic E-state index is -0.344. The average Bonchev–Trinajstić information content (AvgIpc) is 3.10. The van der Waals surface area contributed by atoms with E-state index in [1.54, 1.807) is 25.2 Å². The average molecular weight is 343 g/mol. The standard InChI is InChI=1S/C19H25N3O3/c1-18(2)11-22(12-19(25-18)8-4-5-9-19)16(23)13-6-7-14-15(10-13)21(3)17(24)20-14/h6-7,10H,4-5,8-9,11-12H2,1-3H3,(H,20,24). The molecule has 1 saturated heterocycles. The van der Waals surface area contributed by atoms with Crippen LogP contribution in [0.3, 0.4) is 0 Å². The first-order valence-corrected chi connectivity index (χ1v) is 8.97. The van der Waals surface area contributed by atoms with E-state index in [1.165, 1.54) is 4.57 Å². The molecule has 25 heavy (non-hydrogen) atoms. The molecule has 1 spiro atoms. The van der Waals surface area contributed by atoms with Crippen LogP contribution in [-0.2, 0) is 11.8 Å². The molecule has 1 aliphatic carbocycles. The van der Waals surface area contributed by atoms with Gasteiger partial charge in [0, 0.05) is 19.2 Å². The Morgan fingerprint density at radius 1 is 1.20 bits per heavy atom. The molecule has 0 radical (unpaired) electrons. The summed E-state index contributed by atoms with van der Waals surface area (Å²) in [5.41, 5.74) is 1.41. The molecule has 0 bridgehead atoms. The number of rotatable bonds is 1. The largest absolute Gasteiger partial charge is 0.365 e. The number of benzene rings is 1. The first kappa shape index (κ1) is 16.4. The van der Waals surface area contributed by atoms with Crippen molar-refractivity contribution >= 4 is 16.9 Å². The van der Waals surface area contributed by atoms with Crippen LogP contribution in [0, 0.1) is 0 Å². The van der Waals surface area contributed by atoms with E-state index in [4.69, 9.17) is 4.74 Å². The van der Waals surface area contributed by atoms with Crippen molar-refractivity contribution in [1.82, 2.24) is 14.5 Å². The molecule has 1 aliphatic heterocycles. The predicted octanol–water partition coefficient (Wildman–Crippen LogP) is 2.43. The lowest BCUT2D eigenvalue weighted by Crippen LogP contribution is -2.60. The maximum absolute atomic E-state index is 13.2. The van der Waals surface area contributed by atoms with Crippen molar-refractivity contribution in [3.8, 4) is 0 Å². The topological polar surface area (TPSA) is 67.3 Å². The van der Waals surface area contributed by atoms with Gasteiger partial charge in [-0.15, -0.1) is 0 Å². The number of aromatic nitrogens is 2. The molecule has 1 N–H and O–H groups in total. The summed E-state index contributed by atoms with van der Waals surface area (Å²) in [6, 6.07) is 5.41. The van der Waals surface area contributed by atoms with E-state index in [0.29, 0.717) is 18.7 Å². The highest BCUT2D eigenvalue weighted by Crippen LogP contribution is 2.41. The van der Waals surface area contributed by atoms with Gasteiger partial charge in [-0.2, -0.15) is 0 Å². The van der Waals surface area contributed by atoms with E-state index in [2.05, 4.69) is 18.8 Å². The summed E-state index contributed by atoms with van der Waals surface area (Å²) >= 11 is 0. The summed E-state index contributed by atoms with van der Waals surface area (Å²) in [5, 5.41) is 0. The van der Waals surface area contributed by atoms with E-state index in [9.17, 15) is 9.59 Å². The zero-order chi connectivity index (χ0) is 17.8. The number of ether oxygens (including phenoxy) is 1. The lowest BCUT2D eigenvalue weighted by Gasteiger charge is -2.48. The van der Waals surface area contributed by atoms with Crippen LogP contribution in [0.1, 0.15) is 49.9 Å². The molecule has 1 aromatic heterocycles. The van der Waals surface area contributed by atoms with Crippen LogP contribution in [-0.4, -0.2) is 44.6 Å². The van der Waals surface area contributed by atoms with Gasteiger partial charge in [0.1, 0.15) is 0 Å². The number of aryl methyl sites for hydroxylation is 1. The lowest BCUT2D eigenvalue weighted by atomic mass is 9.93. The molecule has 0 unspecified atom stereocenters. The third kappa shape index (κ3) is 2.78. The van der Waals surface area contributed by atoms with E-state index in [-0.39, 0.29) is 22.8 Å².